The Morgan fingerprint density at radius 1 is 1.08 bits per heavy atom. The minimum Gasteiger partial charge on any atom is -0.497 e. The van der Waals surface area contributed by atoms with Crippen molar-refractivity contribution in [3.8, 4) is 5.75 Å². The van der Waals surface area contributed by atoms with E-state index in [1.165, 1.54) is 5.56 Å². The highest BCUT2D eigenvalue weighted by Gasteiger charge is 2.11. The molecular formula is C19H24N2O3. The van der Waals surface area contributed by atoms with Crippen molar-refractivity contribution in [3.05, 3.63) is 60.2 Å². The first-order valence-corrected chi connectivity index (χ1v) is 8.07. The highest BCUT2D eigenvalue weighted by Crippen LogP contribution is 2.22. The largest absolute Gasteiger partial charge is 0.497 e. The number of rotatable bonds is 8. The molecule has 0 fully saturated rings. The third-order valence-corrected chi connectivity index (χ3v) is 3.87. The number of nitrogens with one attached hydrogen (secondary N) is 2. The third kappa shape index (κ3) is 5.59. The lowest BCUT2D eigenvalue weighted by Crippen LogP contribution is -2.30. The molecule has 2 aromatic rings. The van der Waals surface area contributed by atoms with E-state index in [1.54, 1.807) is 31.4 Å². The van der Waals surface area contributed by atoms with Crippen LogP contribution >= 0.6 is 0 Å². The number of carbonyl (C=O) groups is 1. The van der Waals surface area contributed by atoms with Crippen molar-refractivity contribution in [3.63, 3.8) is 0 Å². The standard InChI is InChI=1S/C19H24N2O3/c1-24-18-9-7-17(8-10-18)21-19(23)20-13-11-16(12-14-22)15-5-3-2-4-6-15/h2-10,16,22H,11-14H2,1H3,(H2,20,21,23). The molecule has 0 aliphatic heterocycles. The number of hydrogen-bond acceptors (Lipinski definition) is 3. The quantitative estimate of drug-likeness (QED) is 0.696. The lowest BCUT2D eigenvalue weighted by molar-refractivity contribution is 0.250. The van der Waals surface area contributed by atoms with Gasteiger partial charge in [-0.3, -0.25) is 0 Å². The van der Waals surface area contributed by atoms with E-state index in [2.05, 4.69) is 22.8 Å². The van der Waals surface area contributed by atoms with Gasteiger partial charge in [-0.15, -0.1) is 0 Å². The summed E-state index contributed by atoms with van der Waals surface area (Å²) in [6, 6.07) is 17.0. The van der Waals surface area contributed by atoms with Crippen LogP contribution in [0, 0.1) is 0 Å². The molecule has 5 heteroatoms. The third-order valence-electron chi connectivity index (χ3n) is 3.87. The molecule has 2 aromatic carbocycles. The Hall–Kier alpha value is -2.53. The van der Waals surface area contributed by atoms with E-state index in [0.29, 0.717) is 18.7 Å². The number of hydrogen-bond donors (Lipinski definition) is 3. The molecule has 24 heavy (non-hydrogen) atoms. The zero-order chi connectivity index (χ0) is 17.2. The maximum absolute atomic E-state index is 11.9. The normalized spacial score (nSPS) is 11.6. The maximum Gasteiger partial charge on any atom is 0.319 e. The van der Waals surface area contributed by atoms with Gasteiger partial charge in [0.15, 0.2) is 0 Å². The number of amides is 2. The van der Waals surface area contributed by atoms with E-state index >= 15 is 0 Å². The van der Waals surface area contributed by atoms with Gasteiger partial charge in [0, 0.05) is 18.8 Å². The summed E-state index contributed by atoms with van der Waals surface area (Å²) in [4.78, 5) is 11.9. The van der Waals surface area contributed by atoms with Crippen molar-refractivity contribution in [1.29, 1.82) is 0 Å². The smallest absolute Gasteiger partial charge is 0.319 e. The van der Waals surface area contributed by atoms with E-state index in [9.17, 15) is 9.90 Å². The fourth-order valence-corrected chi connectivity index (χ4v) is 2.57. The van der Waals surface area contributed by atoms with Gasteiger partial charge in [0.2, 0.25) is 0 Å². The van der Waals surface area contributed by atoms with Gasteiger partial charge in [-0.1, -0.05) is 30.3 Å². The van der Waals surface area contributed by atoms with Gasteiger partial charge in [-0.25, -0.2) is 4.79 Å². The number of carbonyl (C=O) groups excluding carboxylic acids is 1. The summed E-state index contributed by atoms with van der Waals surface area (Å²) >= 11 is 0. The first-order chi connectivity index (χ1) is 11.7. The van der Waals surface area contributed by atoms with Crippen LogP contribution in [-0.2, 0) is 0 Å². The van der Waals surface area contributed by atoms with E-state index in [-0.39, 0.29) is 18.6 Å². The summed E-state index contributed by atoms with van der Waals surface area (Å²) in [6.07, 6.45) is 1.46. The Morgan fingerprint density at radius 2 is 1.79 bits per heavy atom. The second-order valence-electron chi connectivity index (χ2n) is 5.52. The molecule has 1 unspecified atom stereocenters. The number of aliphatic hydroxyl groups is 1. The predicted octanol–water partition coefficient (Wildman–Crippen LogP) is 3.37. The number of ether oxygens (including phenoxy) is 1. The number of methoxy groups -OCH3 is 1. The number of anilines is 1. The zero-order valence-electron chi connectivity index (χ0n) is 13.9. The van der Waals surface area contributed by atoms with Crippen molar-refractivity contribution in [2.75, 3.05) is 25.6 Å². The van der Waals surface area contributed by atoms with Crippen molar-refractivity contribution in [2.45, 2.75) is 18.8 Å². The molecule has 1 atom stereocenters. The first kappa shape index (κ1) is 17.8. The average molecular weight is 328 g/mol. The monoisotopic (exact) mass is 328 g/mol. The van der Waals surface area contributed by atoms with Crippen LogP contribution in [0.2, 0.25) is 0 Å². The van der Waals surface area contributed by atoms with Gasteiger partial charge < -0.3 is 20.5 Å². The molecular weight excluding hydrogens is 304 g/mol. The van der Waals surface area contributed by atoms with Crippen LogP contribution in [-0.4, -0.2) is 31.4 Å². The van der Waals surface area contributed by atoms with E-state index in [1.807, 2.05) is 18.2 Å². The fraction of sp³-hybridized carbons (Fsp3) is 0.316. The van der Waals surface area contributed by atoms with Gasteiger partial charge in [0.25, 0.3) is 0 Å². The van der Waals surface area contributed by atoms with Crippen LogP contribution in [0.4, 0.5) is 10.5 Å². The molecule has 128 valence electrons. The highest BCUT2D eigenvalue weighted by molar-refractivity contribution is 5.89. The summed E-state index contributed by atoms with van der Waals surface area (Å²) in [7, 11) is 1.60. The molecule has 2 rings (SSSR count). The van der Waals surface area contributed by atoms with Crippen molar-refractivity contribution < 1.29 is 14.6 Å². The van der Waals surface area contributed by atoms with Gasteiger partial charge >= 0.3 is 6.03 Å². The second-order valence-corrected chi connectivity index (χ2v) is 5.52. The van der Waals surface area contributed by atoms with Crippen LogP contribution in [0.3, 0.4) is 0 Å². The molecule has 2 amide bonds. The Labute approximate surface area is 142 Å². The van der Waals surface area contributed by atoms with Gasteiger partial charge in [0.05, 0.1) is 7.11 Å². The maximum atomic E-state index is 11.9. The minimum absolute atomic E-state index is 0.137. The fourth-order valence-electron chi connectivity index (χ4n) is 2.57. The number of urea groups is 1. The highest BCUT2D eigenvalue weighted by atomic mass is 16.5. The Bertz CT molecular complexity index is 614. The van der Waals surface area contributed by atoms with Crippen LogP contribution in [0.1, 0.15) is 24.3 Å². The van der Waals surface area contributed by atoms with Gasteiger partial charge in [0.1, 0.15) is 5.75 Å². The second kappa shape index (κ2) is 9.57. The molecule has 0 aromatic heterocycles. The first-order valence-electron chi connectivity index (χ1n) is 8.07. The van der Waals surface area contributed by atoms with Crippen molar-refractivity contribution in [2.24, 2.45) is 0 Å². The van der Waals surface area contributed by atoms with E-state index in [4.69, 9.17) is 4.74 Å². The van der Waals surface area contributed by atoms with Crippen LogP contribution in [0.15, 0.2) is 54.6 Å². The summed E-state index contributed by atoms with van der Waals surface area (Å²) in [5.74, 6) is 0.980. The summed E-state index contributed by atoms with van der Waals surface area (Å²) in [5, 5.41) is 14.9. The lowest BCUT2D eigenvalue weighted by Gasteiger charge is -2.17. The number of benzene rings is 2. The van der Waals surface area contributed by atoms with Crippen molar-refractivity contribution >= 4 is 11.7 Å². The molecule has 0 spiro atoms. The van der Waals surface area contributed by atoms with Crippen LogP contribution in [0.25, 0.3) is 0 Å². The minimum atomic E-state index is -0.240. The molecule has 0 saturated heterocycles. The molecule has 0 aliphatic carbocycles. The average Bonchev–Trinajstić information content (AvgIpc) is 2.62. The molecule has 0 bridgehead atoms. The Kier molecular flexibility index (Phi) is 7.11. The summed E-state index contributed by atoms with van der Waals surface area (Å²) < 4.78 is 5.08. The zero-order valence-corrected chi connectivity index (χ0v) is 13.9. The van der Waals surface area contributed by atoms with E-state index in [0.717, 1.165) is 12.2 Å². The van der Waals surface area contributed by atoms with Crippen LogP contribution < -0.4 is 15.4 Å². The predicted molar refractivity (Wildman–Crippen MR) is 95.5 cm³/mol. The SMILES string of the molecule is COc1ccc(NC(=O)NCCC(CCO)c2ccccc2)cc1. The lowest BCUT2D eigenvalue weighted by atomic mass is 9.93. The molecule has 5 nitrogen and oxygen atoms in total. The van der Waals surface area contributed by atoms with Crippen LogP contribution in [0.5, 0.6) is 5.75 Å². The van der Waals surface area contributed by atoms with E-state index < -0.39 is 0 Å². The Morgan fingerprint density at radius 3 is 2.42 bits per heavy atom. The number of aliphatic hydroxyl groups excluding tert-OH is 1. The molecule has 3 N–H and O–H groups in total. The summed E-state index contributed by atoms with van der Waals surface area (Å²) in [5.41, 5.74) is 1.90. The Balaban J connectivity index is 1.79. The molecule has 0 saturated carbocycles. The van der Waals surface area contributed by atoms with Crippen molar-refractivity contribution in [1.82, 2.24) is 5.32 Å². The van der Waals surface area contributed by atoms with Gasteiger partial charge in [-0.2, -0.15) is 0 Å². The van der Waals surface area contributed by atoms with Gasteiger partial charge in [-0.05, 0) is 48.6 Å². The topological polar surface area (TPSA) is 70.6 Å². The molecule has 0 heterocycles. The summed E-state index contributed by atoms with van der Waals surface area (Å²) in [6.45, 7) is 0.680. The molecule has 0 radical (unpaired) electrons. The molecule has 0 aliphatic rings.